The molecule has 0 amide bonds. The summed E-state index contributed by atoms with van der Waals surface area (Å²) in [4.78, 5) is 22.5. The molecule has 2 aliphatic rings. The SMILES string of the molecule is C[C@]12CC(=O)C[C@@]1(C)CC(=O)C2. The Morgan fingerprint density at radius 1 is 0.833 bits per heavy atom. The Morgan fingerprint density at radius 2 is 1.08 bits per heavy atom. The van der Waals surface area contributed by atoms with Gasteiger partial charge in [0.05, 0.1) is 0 Å². The van der Waals surface area contributed by atoms with Gasteiger partial charge in [-0.25, -0.2) is 0 Å². The van der Waals surface area contributed by atoms with Gasteiger partial charge in [-0.3, -0.25) is 9.59 Å². The molecule has 0 bridgehead atoms. The van der Waals surface area contributed by atoms with Crippen LogP contribution in [0, 0.1) is 10.8 Å². The number of fused-ring (bicyclic) bond motifs is 1. The molecule has 0 aliphatic heterocycles. The van der Waals surface area contributed by atoms with Crippen LogP contribution in [0.1, 0.15) is 39.5 Å². The van der Waals surface area contributed by atoms with E-state index in [4.69, 9.17) is 0 Å². The van der Waals surface area contributed by atoms with Crippen LogP contribution < -0.4 is 0 Å². The summed E-state index contributed by atoms with van der Waals surface area (Å²) in [5.74, 6) is 0.681. The van der Waals surface area contributed by atoms with Gasteiger partial charge in [0, 0.05) is 25.7 Å². The molecular weight excluding hydrogens is 152 g/mol. The van der Waals surface area contributed by atoms with Gasteiger partial charge >= 0.3 is 0 Å². The fourth-order valence-corrected chi connectivity index (χ4v) is 2.84. The molecule has 12 heavy (non-hydrogen) atoms. The van der Waals surface area contributed by atoms with Crippen molar-refractivity contribution in [1.82, 2.24) is 0 Å². The predicted octanol–water partition coefficient (Wildman–Crippen LogP) is 1.72. The molecule has 2 heteroatoms. The van der Waals surface area contributed by atoms with Crippen molar-refractivity contribution in [2.75, 3.05) is 0 Å². The summed E-state index contributed by atoms with van der Waals surface area (Å²) in [5.41, 5.74) is -0.0255. The second kappa shape index (κ2) is 1.98. The zero-order chi connectivity index (χ0) is 8.98. The first-order valence-corrected chi connectivity index (χ1v) is 4.49. The number of hydrogen-bond donors (Lipinski definition) is 0. The molecule has 2 rings (SSSR count). The first kappa shape index (κ1) is 7.96. The van der Waals surface area contributed by atoms with Crippen molar-refractivity contribution in [1.29, 1.82) is 0 Å². The van der Waals surface area contributed by atoms with Crippen LogP contribution in [0.5, 0.6) is 0 Å². The van der Waals surface area contributed by atoms with Gasteiger partial charge in [-0.05, 0) is 10.8 Å². The Balaban J connectivity index is 2.38. The second-order valence-corrected chi connectivity index (χ2v) is 4.91. The fourth-order valence-electron chi connectivity index (χ4n) is 2.84. The number of hydrogen-bond acceptors (Lipinski definition) is 2. The predicted molar refractivity (Wildman–Crippen MR) is 44.7 cm³/mol. The zero-order valence-electron chi connectivity index (χ0n) is 7.64. The van der Waals surface area contributed by atoms with E-state index in [1.54, 1.807) is 0 Å². The lowest BCUT2D eigenvalue weighted by molar-refractivity contribution is -0.120. The van der Waals surface area contributed by atoms with Gasteiger partial charge in [0.25, 0.3) is 0 Å². The van der Waals surface area contributed by atoms with Crippen molar-refractivity contribution in [3.63, 3.8) is 0 Å². The van der Waals surface area contributed by atoms with Crippen molar-refractivity contribution >= 4 is 11.6 Å². The molecule has 0 heterocycles. The molecule has 2 nitrogen and oxygen atoms in total. The minimum absolute atomic E-state index is 0.0127. The molecule has 2 aliphatic carbocycles. The summed E-state index contributed by atoms with van der Waals surface area (Å²) in [6.45, 7) is 4.17. The summed E-state index contributed by atoms with van der Waals surface area (Å²) in [6.07, 6.45) is 2.48. The molecule has 2 fully saturated rings. The van der Waals surface area contributed by atoms with Crippen molar-refractivity contribution in [2.45, 2.75) is 39.5 Å². The van der Waals surface area contributed by atoms with Crippen LogP contribution in [-0.4, -0.2) is 11.6 Å². The highest BCUT2D eigenvalue weighted by atomic mass is 16.1. The number of carbonyl (C=O) groups is 2. The molecule has 0 aromatic rings. The third-order valence-electron chi connectivity index (χ3n) is 3.81. The highest BCUT2D eigenvalue weighted by Gasteiger charge is 2.57. The molecule has 66 valence electrons. The lowest BCUT2D eigenvalue weighted by atomic mass is 9.71. The lowest BCUT2D eigenvalue weighted by Crippen LogP contribution is -2.25. The number of ketones is 2. The van der Waals surface area contributed by atoms with E-state index in [2.05, 4.69) is 13.8 Å². The average molecular weight is 166 g/mol. The van der Waals surface area contributed by atoms with E-state index in [-0.39, 0.29) is 10.8 Å². The minimum Gasteiger partial charge on any atom is -0.300 e. The maximum atomic E-state index is 11.3. The first-order chi connectivity index (χ1) is 5.45. The number of carbonyl (C=O) groups excluding carboxylic acids is 2. The quantitative estimate of drug-likeness (QED) is 0.549. The van der Waals surface area contributed by atoms with Crippen molar-refractivity contribution < 1.29 is 9.59 Å². The van der Waals surface area contributed by atoms with Crippen LogP contribution in [0.4, 0.5) is 0 Å². The molecular formula is C10H14O2. The van der Waals surface area contributed by atoms with Crippen LogP contribution in [0.3, 0.4) is 0 Å². The van der Waals surface area contributed by atoms with Gasteiger partial charge in [-0.15, -0.1) is 0 Å². The number of Topliss-reactive ketones (excluding diaryl/α,β-unsaturated/α-hetero) is 2. The third kappa shape index (κ3) is 0.809. The summed E-state index contributed by atoms with van der Waals surface area (Å²) in [6, 6.07) is 0. The Morgan fingerprint density at radius 3 is 1.33 bits per heavy atom. The Hall–Kier alpha value is -0.660. The Bertz CT molecular complexity index is 221. The highest BCUT2D eigenvalue weighted by Crippen LogP contribution is 2.59. The third-order valence-corrected chi connectivity index (χ3v) is 3.81. The van der Waals surface area contributed by atoms with E-state index in [1.165, 1.54) is 0 Å². The lowest BCUT2D eigenvalue weighted by Gasteiger charge is -2.31. The molecule has 0 radical (unpaired) electrons. The van der Waals surface area contributed by atoms with Crippen molar-refractivity contribution in [3.8, 4) is 0 Å². The molecule has 0 atom stereocenters. The standard InChI is InChI=1S/C10H14O2/c1-9-3-7(11)5-10(9,2)6-8(12)4-9/h3-6H2,1-2H3/t9-,10+. The zero-order valence-corrected chi connectivity index (χ0v) is 7.64. The van der Waals surface area contributed by atoms with Crippen LogP contribution >= 0.6 is 0 Å². The van der Waals surface area contributed by atoms with E-state index in [0.29, 0.717) is 37.2 Å². The highest BCUT2D eigenvalue weighted by molar-refractivity contribution is 5.90. The average Bonchev–Trinajstić information content (AvgIpc) is 2.09. The number of rotatable bonds is 0. The van der Waals surface area contributed by atoms with Gasteiger partial charge in [0.15, 0.2) is 0 Å². The molecule has 2 saturated carbocycles. The fraction of sp³-hybridized carbons (Fsp3) is 0.800. The van der Waals surface area contributed by atoms with E-state index < -0.39 is 0 Å². The van der Waals surface area contributed by atoms with Gasteiger partial charge in [0.2, 0.25) is 0 Å². The molecule has 0 aromatic heterocycles. The van der Waals surface area contributed by atoms with Crippen LogP contribution in [-0.2, 0) is 9.59 Å². The summed E-state index contributed by atoms with van der Waals surface area (Å²) in [7, 11) is 0. The maximum absolute atomic E-state index is 11.3. The second-order valence-electron chi connectivity index (χ2n) is 4.91. The van der Waals surface area contributed by atoms with Crippen molar-refractivity contribution in [3.05, 3.63) is 0 Å². The van der Waals surface area contributed by atoms with Crippen LogP contribution in [0.25, 0.3) is 0 Å². The Labute approximate surface area is 72.3 Å². The van der Waals surface area contributed by atoms with Crippen LogP contribution in [0.15, 0.2) is 0 Å². The molecule has 0 spiro atoms. The Kier molecular flexibility index (Phi) is 1.31. The minimum atomic E-state index is -0.0127. The van der Waals surface area contributed by atoms with Gasteiger partial charge in [-0.2, -0.15) is 0 Å². The van der Waals surface area contributed by atoms with Gasteiger partial charge in [0.1, 0.15) is 11.6 Å². The molecule has 0 aromatic carbocycles. The smallest absolute Gasteiger partial charge is 0.134 e. The normalized spacial score (nSPS) is 46.8. The molecule has 0 saturated heterocycles. The van der Waals surface area contributed by atoms with E-state index in [9.17, 15) is 9.59 Å². The monoisotopic (exact) mass is 166 g/mol. The first-order valence-electron chi connectivity index (χ1n) is 4.49. The van der Waals surface area contributed by atoms with E-state index in [0.717, 1.165) is 0 Å². The largest absolute Gasteiger partial charge is 0.300 e. The summed E-state index contributed by atoms with van der Waals surface area (Å²) < 4.78 is 0. The molecule has 0 unspecified atom stereocenters. The summed E-state index contributed by atoms with van der Waals surface area (Å²) in [5, 5.41) is 0. The van der Waals surface area contributed by atoms with Gasteiger partial charge in [-0.1, -0.05) is 13.8 Å². The topological polar surface area (TPSA) is 34.1 Å². The maximum Gasteiger partial charge on any atom is 0.134 e. The van der Waals surface area contributed by atoms with Crippen molar-refractivity contribution in [2.24, 2.45) is 10.8 Å². The van der Waals surface area contributed by atoms with E-state index >= 15 is 0 Å². The molecule has 0 N–H and O–H groups in total. The summed E-state index contributed by atoms with van der Waals surface area (Å²) >= 11 is 0. The van der Waals surface area contributed by atoms with E-state index in [1.807, 2.05) is 0 Å². The van der Waals surface area contributed by atoms with Crippen LogP contribution in [0.2, 0.25) is 0 Å². The van der Waals surface area contributed by atoms with Gasteiger partial charge < -0.3 is 0 Å².